The number of aromatic nitrogens is 1. The van der Waals surface area contributed by atoms with Crippen molar-refractivity contribution in [3.05, 3.63) is 36.5 Å². The summed E-state index contributed by atoms with van der Waals surface area (Å²) in [6.07, 6.45) is 6.79. The largest absolute Gasteiger partial charge is 0.353 e. The summed E-state index contributed by atoms with van der Waals surface area (Å²) >= 11 is 0. The van der Waals surface area contributed by atoms with Crippen LogP contribution in [-0.2, 0) is 0 Å². The SMILES string of the molecule is NCCC1CCCCN1c1nccc2ccccc12. The number of anilines is 1. The highest BCUT2D eigenvalue weighted by molar-refractivity contribution is 5.92. The minimum atomic E-state index is 0.553. The first kappa shape index (κ1) is 12.4. The summed E-state index contributed by atoms with van der Waals surface area (Å²) in [5.74, 6) is 1.14. The Kier molecular flexibility index (Phi) is 3.65. The van der Waals surface area contributed by atoms with Crippen molar-refractivity contribution in [3.63, 3.8) is 0 Å². The van der Waals surface area contributed by atoms with Gasteiger partial charge in [-0.2, -0.15) is 0 Å². The number of fused-ring (bicyclic) bond motifs is 1. The summed E-state index contributed by atoms with van der Waals surface area (Å²) < 4.78 is 0. The number of pyridine rings is 1. The van der Waals surface area contributed by atoms with E-state index >= 15 is 0 Å². The smallest absolute Gasteiger partial charge is 0.136 e. The van der Waals surface area contributed by atoms with Crippen molar-refractivity contribution >= 4 is 16.6 Å². The fourth-order valence-electron chi connectivity index (χ4n) is 3.10. The molecule has 0 radical (unpaired) electrons. The standard InChI is InChI=1S/C16H21N3/c17-10-8-14-6-3-4-12-19(14)16-15-7-2-1-5-13(15)9-11-18-16/h1-2,5,7,9,11,14H,3-4,6,8,10,12,17H2. The van der Waals surface area contributed by atoms with E-state index in [9.17, 15) is 0 Å². The van der Waals surface area contributed by atoms with Gasteiger partial charge < -0.3 is 10.6 Å². The van der Waals surface area contributed by atoms with E-state index in [1.807, 2.05) is 6.20 Å². The molecule has 1 aromatic carbocycles. The molecule has 0 saturated carbocycles. The summed E-state index contributed by atoms with van der Waals surface area (Å²) in [5.41, 5.74) is 5.77. The Bertz CT molecular complexity index is 545. The van der Waals surface area contributed by atoms with Crippen LogP contribution in [0.4, 0.5) is 5.82 Å². The fraction of sp³-hybridized carbons (Fsp3) is 0.438. The molecule has 19 heavy (non-hydrogen) atoms. The van der Waals surface area contributed by atoms with Gasteiger partial charge >= 0.3 is 0 Å². The van der Waals surface area contributed by atoms with E-state index in [4.69, 9.17) is 5.73 Å². The van der Waals surface area contributed by atoms with Crippen LogP contribution in [0.15, 0.2) is 36.5 Å². The molecule has 3 rings (SSSR count). The van der Waals surface area contributed by atoms with Gasteiger partial charge in [-0.25, -0.2) is 4.98 Å². The van der Waals surface area contributed by atoms with Gasteiger partial charge in [-0.15, -0.1) is 0 Å². The summed E-state index contributed by atoms with van der Waals surface area (Å²) in [4.78, 5) is 7.12. The first-order chi connectivity index (χ1) is 9.40. The molecule has 1 aliphatic heterocycles. The summed E-state index contributed by atoms with van der Waals surface area (Å²) in [7, 11) is 0. The highest BCUT2D eigenvalue weighted by atomic mass is 15.2. The van der Waals surface area contributed by atoms with Gasteiger partial charge in [0.15, 0.2) is 0 Å². The number of rotatable bonds is 3. The van der Waals surface area contributed by atoms with E-state index in [2.05, 4.69) is 40.2 Å². The average molecular weight is 255 g/mol. The van der Waals surface area contributed by atoms with E-state index in [0.29, 0.717) is 6.04 Å². The van der Waals surface area contributed by atoms with Crippen LogP contribution in [0.25, 0.3) is 10.8 Å². The lowest BCUT2D eigenvalue weighted by Crippen LogP contribution is -2.41. The van der Waals surface area contributed by atoms with Crippen LogP contribution in [0, 0.1) is 0 Å². The monoisotopic (exact) mass is 255 g/mol. The van der Waals surface area contributed by atoms with E-state index < -0.39 is 0 Å². The molecule has 0 aliphatic carbocycles. The molecule has 3 nitrogen and oxygen atoms in total. The van der Waals surface area contributed by atoms with E-state index in [1.165, 1.54) is 30.0 Å². The Morgan fingerprint density at radius 3 is 3.00 bits per heavy atom. The second kappa shape index (κ2) is 5.57. The number of hydrogen-bond donors (Lipinski definition) is 1. The summed E-state index contributed by atoms with van der Waals surface area (Å²) in [6, 6.07) is 11.1. The molecule has 100 valence electrons. The number of hydrogen-bond acceptors (Lipinski definition) is 3. The van der Waals surface area contributed by atoms with Crippen LogP contribution in [0.3, 0.4) is 0 Å². The maximum absolute atomic E-state index is 5.77. The lowest BCUT2D eigenvalue weighted by Gasteiger charge is -2.37. The van der Waals surface area contributed by atoms with Crippen LogP contribution in [0.1, 0.15) is 25.7 Å². The van der Waals surface area contributed by atoms with Gasteiger partial charge in [-0.05, 0) is 43.7 Å². The Labute approximate surface area is 114 Å². The van der Waals surface area contributed by atoms with Crippen molar-refractivity contribution in [3.8, 4) is 0 Å². The second-order valence-electron chi connectivity index (χ2n) is 5.28. The van der Waals surface area contributed by atoms with Crippen LogP contribution < -0.4 is 10.6 Å². The molecule has 0 amide bonds. The average Bonchev–Trinajstić information content (AvgIpc) is 2.48. The molecule has 0 bridgehead atoms. The van der Waals surface area contributed by atoms with Gasteiger partial charge in [0.2, 0.25) is 0 Å². The first-order valence-corrected chi connectivity index (χ1v) is 7.20. The highest BCUT2D eigenvalue weighted by Gasteiger charge is 2.23. The van der Waals surface area contributed by atoms with Crippen molar-refractivity contribution < 1.29 is 0 Å². The molecular formula is C16H21N3. The summed E-state index contributed by atoms with van der Waals surface area (Å²) in [6.45, 7) is 1.86. The third-order valence-corrected chi connectivity index (χ3v) is 4.05. The highest BCUT2D eigenvalue weighted by Crippen LogP contribution is 2.30. The van der Waals surface area contributed by atoms with Gasteiger partial charge in [-0.3, -0.25) is 0 Å². The maximum Gasteiger partial charge on any atom is 0.136 e. The lowest BCUT2D eigenvalue weighted by atomic mass is 9.98. The first-order valence-electron chi connectivity index (χ1n) is 7.20. The zero-order valence-corrected chi connectivity index (χ0v) is 11.3. The third kappa shape index (κ3) is 2.43. The van der Waals surface area contributed by atoms with Crippen molar-refractivity contribution in [2.24, 2.45) is 5.73 Å². The molecule has 3 heteroatoms. The molecule has 2 heterocycles. The fourth-order valence-corrected chi connectivity index (χ4v) is 3.10. The molecule has 1 saturated heterocycles. The summed E-state index contributed by atoms with van der Waals surface area (Å²) in [5, 5.41) is 2.53. The van der Waals surface area contributed by atoms with Crippen molar-refractivity contribution in [1.82, 2.24) is 4.98 Å². The minimum absolute atomic E-state index is 0.553. The number of piperidine rings is 1. The topological polar surface area (TPSA) is 42.1 Å². The Morgan fingerprint density at radius 1 is 1.21 bits per heavy atom. The molecule has 1 fully saturated rings. The zero-order valence-electron chi connectivity index (χ0n) is 11.3. The molecule has 1 unspecified atom stereocenters. The van der Waals surface area contributed by atoms with E-state index in [1.54, 1.807) is 0 Å². The normalized spacial score (nSPS) is 19.8. The van der Waals surface area contributed by atoms with Gasteiger partial charge in [0.25, 0.3) is 0 Å². The predicted octanol–water partition coefficient (Wildman–Crippen LogP) is 2.94. The van der Waals surface area contributed by atoms with Gasteiger partial charge in [-0.1, -0.05) is 24.3 Å². The van der Waals surface area contributed by atoms with E-state index in [-0.39, 0.29) is 0 Å². The van der Waals surface area contributed by atoms with Crippen molar-refractivity contribution in [2.75, 3.05) is 18.0 Å². The van der Waals surface area contributed by atoms with Crippen LogP contribution in [-0.4, -0.2) is 24.1 Å². The van der Waals surface area contributed by atoms with E-state index in [0.717, 1.165) is 25.3 Å². The molecule has 2 N–H and O–H groups in total. The van der Waals surface area contributed by atoms with Gasteiger partial charge in [0.1, 0.15) is 5.82 Å². The molecule has 0 spiro atoms. The zero-order chi connectivity index (χ0) is 13.1. The molecular weight excluding hydrogens is 234 g/mol. The molecule has 1 atom stereocenters. The predicted molar refractivity (Wildman–Crippen MR) is 80.4 cm³/mol. The third-order valence-electron chi connectivity index (χ3n) is 4.05. The van der Waals surface area contributed by atoms with Crippen LogP contribution >= 0.6 is 0 Å². The lowest BCUT2D eigenvalue weighted by molar-refractivity contribution is 0.440. The van der Waals surface area contributed by atoms with Crippen LogP contribution in [0.2, 0.25) is 0 Å². The molecule has 1 aliphatic rings. The number of benzene rings is 1. The Balaban J connectivity index is 2.02. The van der Waals surface area contributed by atoms with Crippen molar-refractivity contribution in [1.29, 1.82) is 0 Å². The molecule has 1 aromatic heterocycles. The minimum Gasteiger partial charge on any atom is -0.353 e. The molecule has 2 aromatic rings. The maximum atomic E-state index is 5.77. The second-order valence-corrected chi connectivity index (χ2v) is 5.28. The Hall–Kier alpha value is -1.61. The van der Waals surface area contributed by atoms with Crippen molar-refractivity contribution in [2.45, 2.75) is 31.7 Å². The van der Waals surface area contributed by atoms with Gasteiger partial charge in [0, 0.05) is 24.2 Å². The number of nitrogens with two attached hydrogens (primary N) is 1. The quantitative estimate of drug-likeness (QED) is 0.917. The number of nitrogens with zero attached hydrogens (tertiary/aromatic N) is 2. The Morgan fingerprint density at radius 2 is 2.11 bits per heavy atom. The van der Waals surface area contributed by atoms with Gasteiger partial charge in [0.05, 0.1) is 0 Å². The van der Waals surface area contributed by atoms with Crippen LogP contribution in [0.5, 0.6) is 0 Å².